The Morgan fingerprint density at radius 3 is 2.71 bits per heavy atom. The summed E-state index contributed by atoms with van der Waals surface area (Å²) in [4.78, 5) is 13.2. The van der Waals surface area contributed by atoms with E-state index in [-0.39, 0.29) is 30.3 Å². The molecule has 0 aliphatic rings. The number of hydrogen-bond donors (Lipinski definition) is 1. The number of carbonyl (C=O) groups is 1. The zero-order chi connectivity index (χ0) is 20.1. The predicted octanol–water partition coefficient (Wildman–Crippen LogP) is 3.26. The van der Waals surface area contributed by atoms with Gasteiger partial charge in [0.15, 0.2) is 0 Å². The number of aromatic nitrogens is 4. The van der Waals surface area contributed by atoms with Crippen molar-refractivity contribution in [3.63, 3.8) is 0 Å². The fraction of sp³-hybridized carbons (Fsp3) is 0.167. The van der Waals surface area contributed by atoms with Gasteiger partial charge in [-0.05, 0) is 29.5 Å². The first-order valence-electron chi connectivity index (χ1n) is 8.11. The van der Waals surface area contributed by atoms with Crippen LogP contribution in [0.3, 0.4) is 0 Å². The lowest BCUT2D eigenvalue weighted by Gasteiger charge is -2.07. The van der Waals surface area contributed by atoms with Gasteiger partial charge in [-0.1, -0.05) is 24.3 Å². The second-order valence-electron chi connectivity index (χ2n) is 5.74. The van der Waals surface area contributed by atoms with E-state index in [4.69, 9.17) is 5.26 Å². The van der Waals surface area contributed by atoms with Crippen molar-refractivity contribution in [1.29, 1.82) is 5.26 Å². The minimum atomic E-state index is -4.47. The number of carbonyl (C=O) groups excluding carboxylic acids is 1. The van der Waals surface area contributed by atoms with E-state index in [1.165, 1.54) is 12.1 Å². The number of tetrazole rings is 1. The summed E-state index contributed by atoms with van der Waals surface area (Å²) in [5.41, 5.74) is 0.0955. The molecule has 0 saturated heterocycles. The summed E-state index contributed by atoms with van der Waals surface area (Å²) >= 11 is 0. The summed E-state index contributed by atoms with van der Waals surface area (Å²) in [6.07, 6.45) is -4.47. The van der Waals surface area contributed by atoms with Crippen molar-refractivity contribution in [2.24, 2.45) is 0 Å². The molecule has 0 aliphatic heterocycles. The highest BCUT2D eigenvalue weighted by molar-refractivity contribution is 5.92. The number of nitrogens with one attached hydrogen (secondary N) is 1. The largest absolute Gasteiger partial charge is 0.416 e. The lowest BCUT2D eigenvalue weighted by molar-refractivity contribution is -0.137. The fourth-order valence-electron chi connectivity index (χ4n) is 2.39. The minimum Gasteiger partial charge on any atom is -0.325 e. The monoisotopic (exact) mass is 386 g/mol. The molecule has 28 heavy (non-hydrogen) atoms. The minimum absolute atomic E-state index is 0.00183. The zero-order valence-electron chi connectivity index (χ0n) is 14.3. The van der Waals surface area contributed by atoms with Gasteiger partial charge < -0.3 is 5.32 Å². The Hall–Kier alpha value is -3.74. The lowest BCUT2D eigenvalue weighted by Crippen LogP contribution is -2.16. The van der Waals surface area contributed by atoms with Gasteiger partial charge in [0.25, 0.3) is 0 Å². The Morgan fingerprint density at radius 2 is 1.96 bits per heavy atom. The number of aryl methyl sites for hydroxylation is 1. The predicted molar refractivity (Wildman–Crippen MR) is 92.7 cm³/mol. The van der Waals surface area contributed by atoms with Crippen LogP contribution < -0.4 is 5.32 Å². The maximum Gasteiger partial charge on any atom is 0.416 e. The first kappa shape index (κ1) is 19.0. The van der Waals surface area contributed by atoms with E-state index < -0.39 is 11.7 Å². The number of amides is 1. The molecule has 2 aromatic carbocycles. The molecule has 1 N–H and O–H groups in total. The van der Waals surface area contributed by atoms with E-state index in [0.29, 0.717) is 11.3 Å². The second kappa shape index (κ2) is 7.87. The number of rotatable bonds is 5. The maximum absolute atomic E-state index is 12.8. The highest BCUT2D eigenvalue weighted by atomic mass is 19.4. The van der Waals surface area contributed by atoms with Crippen LogP contribution in [0.2, 0.25) is 0 Å². The van der Waals surface area contributed by atoms with E-state index >= 15 is 0 Å². The second-order valence-corrected chi connectivity index (χ2v) is 5.74. The Balaban J connectivity index is 1.64. The first-order valence-corrected chi connectivity index (χ1v) is 8.11. The number of nitriles is 1. The van der Waals surface area contributed by atoms with Crippen LogP contribution in [-0.2, 0) is 17.5 Å². The van der Waals surface area contributed by atoms with Crippen molar-refractivity contribution in [1.82, 2.24) is 20.2 Å². The van der Waals surface area contributed by atoms with Crippen LogP contribution in [0, 0.1) is 11.3 Å². The number of para-hydroxylation sites is 1. The molecule has 1 heterocycles. The van der Waals surface area contributed by atoms with E-state index in [2.05, 4.69) is 20.7 Å². The van der Waals surface area contributed by atoms with Crippen LogP contribution in [0.15, 0.2) is 48.5 Å². The zero-order valence-corrected chi connectivity index (χ0v) is 14.3. The highest BCUT2D eigenvalue weighted by Crippen LogP contribution is 2.31. The molecular weight excluding hydrogens is 373 g/mol. The summed E-state index contributed by atoms with van der Waals surface area (Å²) in [5.74, 6) is -0.332. The third kappa shape index (κ3) is 4.50. The Morgan fingerprint density at radius 1 is 1.18 bits per heavy atom. The van der Waals surface area contributed by atoms with Crippen molar-refractivity contribution in [2.45, 2.75) is 19.1 Å². The van der Waals surface area contributed by atoms with Gasteiger partial charge in [0.1, 0.15) is 6.07 Å². The van der Waals surface area contributed by atoms with Crippen LogP contribution in [0.25, 0.3) is 11.4 Å². The van der Waals surface area contributed by atoms with Crippen molar-refractivity contribution < 1.29 is 18.0 Å². The van der Waals surface area contributed by atoms with Crippen molar-refractivity contribution in [3.8, 4) is 17.5 Å². The fourth-order valence-corrected chi connectivity index (χ4v) is 2.39. The molecule has 0 unspecified atom stereocenters. The number of anilines is 1. The molecule has 1 amide bonds. The normalized spacial score (nSPS) is 11.1. The van der Waals surface area contributed by atoms with Crippen LogP contribution in [-0.4, -0.2) is 26.1 Å². The Labute approximate surface area is 157 Å². The van der Waals surface area contributed by atoms with Crippen molar-refractivity contribution in [3.05, 3.63) is 59.7 Å². The smallest absolute Gasteiger partial charge is 0.325 e. The van der Waals surface area contributed by atoms with E-state index in [1.54, 1.807) is 24.3 Å². The summed E-state index contributed by atoms with van der Waals surface area (Å²) in [6.45, 7) is 0.0759. The van der Waals surface area contributed by atoms with Crippen LogP contribution in [0.1, 0.15) is 17.5 Å². The number of hydrogen-bond acceptors (Lipinski definition) is 5. The van der Waals surface area contributed by atoms with Crippen molar-refractivity contribution >= 4 is 11.6 Å². The SMILES string of the molecule is N#Cc1ccccc1NC(=O)CCn1nnc(-c2cccc(C(F)(F)F)c2)n1. The number of alkyl halides is 3. The Bertz CT molecular complexity index is 1040. The standard InChI is InChI=1S/C18H13F3N6O/c19-18(20,21)14-6-3-5-12(10-14)17-24-26-27(25-17)9-8-16(28)23-15-7-2-1-4-13(15)11-22/h1-7,10H,8-9H2,(H,23,28). The van der Waals surface area contributed by atoms with E-state index in [9.17, 15) is 18.0 Å². The molecule has 10 heteroatoms. The Kier molecular flexibility index (Phi) is 5.35. The molecule has 0 atom stereocenters. The molecule has 0 aliphatic carbocycles. The average Bonchev–Trinajstić information content (AvgIpc) is 3.15. The molecule has 3 rings (SSSR count). The molecule has 3 aromatic rings. The quantitative estimate of drug-likeness (QED) is 0.726. The summed E-state index contributed by atoms with van der Waals surface area (Å²) < 4.78 is 38.4. The summed E-state index contributed by atoms with van der Waals surface area (Å²) in [7, 11) is 0. The number of halogens is 3. The molecular formula is C18H13F3N6O. The average molecular weight is 386 g/mol. The van der Waals surface area contributed by atoms with Gasteiger partial charge in [-0.15, -0.1) is 10.2 Å². The third-order valence-corrected chi connectivity index (χ3v) is 3.76. The summed E-state index contributed by atoms with van der Waals surface area (Å²) in [5, 5.41) is 23.1. The molecule has 7 nitrogen and oxygen atoms in total. The number of nitrogens with zero attached hydrogens (tertiary/aromatic N) is 5. The van der Waals surface area contributed by atoms with Crippen LogP contribution in [0.4, 0.5) is 18.9 Å². The van der Waals surface area contributed by atoms with Gasteiger partial charge in [0.05, 0.1) is 23.4 Å². The first-order chi connectivity index (χ1) is 13.4. The van der Waals surface area contributed by atoms with Crippen LogP contribution >= 0.6 is 0 Å². The van der Waals surface area contributed by atoms with Gasteiger partial charge >= 0.3 is 6.18 Å². The topological polar surface area (TPSA) is 96.5 Å². The van der Waals surface area contributed by atoms with Gasteiger partial charge in [0, 0.05) is 12.0 Å². The molecule has 0 saturated carbocycles. The molecule has 0 radical (unpaired) electrons. The summed E-state index contributed by atoms with van der Waals surface area (Å²) in [6, 6.07) is 13.1. The van der Waals surface area contributed by atoms with Gasteiger partial charge in [-0.25, -0.2) is 0 Å². The number of benzene rings is 2. The van der Waals surface area contributed by atoms with Crippen LogP contribution in [0.5, 0.6) is 0 Å². The molecule has 0 spiro atoms. The van der Waals surface area contributed by atoms with E-state index in [1.807, 2.05) is 6.07 Å². The lowest BCUT2D eigenvalue weighted by atomic mass is 10.1. The highest BCUT2D eigenvalue weighted by Gasteiger charge is 2.30. The molecule has 1 aromatic heterocycles. The van der Waals surface area contributed by atoms with E-state index in [0.717, 1.165) is 16.9 Å². The maximum atomic E-state index is 12.8. The molecule has 0 bridgehead atoms. The van der Waals surface area contributed by atoms with Gasteiger partial charge in [0.2, 0.25) is 11.7 Å². The van der Waals surface area contributed by atoms with Gasteiger partial charge in [-0.3, -0.25) is 4.79 Å². The van der Waals surface area contributed by atoms with Gasteiger partial charge in [-0.2, -0.15) is 23.2 Å². The molecule has 142 valence electrons. The molecule has 0 fully saturated rings. The van der Waals surface area contributed by atoms with Crippen molar-refractivity contribution in [2.75, 3.05) is 5.32 Å². The third-order valence-electron chi connectivity index (χ3n) is 3.76.